The fourth-order valence-electron chi connectivity index (χ4n) is 0.666. The summed E-state index contributed by atoms with van der Waals surface area (Å²) in [7, 11) is 0. The molecule has 0 amide bonds. The van der Waals surface area contributed by atoms with E-state index in [1.165, 1.54) is 6.08 Å². The number of furan rings is 1. The number of hydrogen-bond acceptors (Lipinski definition) is 3. The molecule has 0 saturated carbocycles. The van der Waals surface area contributed by atoms with Gasteiger partial charge in [-0.1, -0.05) is 0 Å². The predicted molar refractivity (Wildman–Crippen MR) is 58.3 cm³/mol. The smallest absolute Gasteiger partial charge is 0.178 e. The number of halogens is 2. The first kappa shape index (κ1) is 10.3. The summed E-state index contributed by atoms with van der Waals surface area (Å²) in [5.74, 6) is 0.495. The minimum absolute atomic E-state index is 0.0256. The van der Waals surface area contributed by atoms with Crippen molar-refractivity contribution in [3.63, 3.8) is 0 Å². The third-order valence-corrected chi connectivity index (χ3v) is 3.32. The van der Waals surface area contributed by atoms with E-state index in [9.17, 15) is 0 Å². The summed E-state index contributed by atoms with van der Waals surface area (Å²) in [6, 6.07) is 5.21. The van der Waals surface area contributed by atoms with Crippen molar-refractivity contribution in [2.24, 2.45) is 0 Å². The normalized spacial score (nSPS) is 8.62. The fourth-order valence-corrected chi connectivity index (χ4v) is 1.38. The summed E-state index contributed by atoms with van der Waals surface area (Å²) in [5, 5.41) is 16.9. The van der Waals surface area contributed by atoms with E-state index in [0.717, 1.165) is 4.47 Å². The number of nitriles is 2. The highest BCUT2D eigenvalue weighted by Crippen LogP contribution is 2.24. The summed E-state index contributed by atoms with van der Waals surface area (Å²) in [6.45, 7) is 0. The van der Waals surface area contributed by atoms with Crippen LogP contribution in [0.15, 0.2) is 20.5 Å². The van der Waals surface area contributed by atoms with Crippen molar-refractivity contribution >= 4 is 44.6 Å². The highest BCUT2D eigenvalue weighted by Gasteiger charge is 2.04. The molecule has 1 rings (SSSR count). The molecule has 5 heteroatoms. The predicted octanol–water partition coefficient (Wildman–Crippen LogP) is 3.08. The summed E-state index contributed by atoms with van der Waals surface area (Å²) >= 11 is 5.26. The average molecular weight is 349 g/mol. The molecule has 0 radical (unpaired) electrons. The van der Waals surface area contributed by atoms with Gasteiger partial charge in [0.25, 0.3) is 0 Å². The third kappa shape index (κ3) is 2.58. The number of nitrogens with zero attached hydrogens (tertiary/aromatic N) is 2. The van der Waals surface area contributed by atoms with E-state index in [-0.39, 0.29) is 5.57 Å². The first-order valence-electron chi connectivity index (χ1n) is 3.14. The summed E-state index contributed by atoms with van der Waals surface area (Å²) in [4.78, 5) is 0. The van der Waals surface area contributed by atoms with Crippen molar-refractivity contribution in [1.29, 1.82) is 10.5 Å². The van der Waals surface area contributed by atoms with Crippen molar-refractivity contribution < 1.29 is 4.42 Å². The van der Waals surface area contributed by atoms with Crippen LogP contribution in [0.1, 0.15) is 5.76 Å². The summed E-state index contributed by atoms with van der Waals surface area (Å²) in [6.07, 6.45) is 1.40. The molecule has 0 aromatic carbocycles. The molecule has 0 N–H and O–H groups in total. The Balaban J connectivity index is 3.07. The van der Waals surface area contributed by atoms with Crippen molar-refractivity contribution in [2.45, 2.75) is 0 Å². The zero-order valence-electron chi connectivity index (χ0n) is 6.21. The molecular formula is C8H2BrIN2O. The lowest BCUT2D eigenvalue weighted by Crippen LogP contribution is -1.70. The molecule has 0 fully saturated rings. The van der Waals surface area contributed by atoms with Gasteiger partial charge in [0.1, 0.15) is 23.5 Å². The maximum Gasteiger partial charge on any atom is 0.178 e. The van der Waals surface area contributed by atoms with Crippen LogP contribution >= 0.6 is 38.5 Å². The molecule has 64 valence electrons. The molecule has 1 aromatic heterocycles. The lowest BCUT2D eigenvalue weighted by Gasteiger charge is -1.82. The monoisotopic (exact) mass is 348 g/mol. The largest absolute Gasteiger partial charge is 0.450 e. The summed E-state index contributed by atoms with van der Waals surface area (Å²) in [5.41, 5.74) is 0.0256. The Morgan fingerprint density at radius 2 is 2.15 bits per heavy atom. The Bertz CT molecular complexity index is 400. The van der Waals surface area contributed by atoms with Crippen LogP contribution in [0.25, 0.3) is 6.08 Å². The van der Waals surface area contributed by atoms with E-state index in [4.69, 9.17) is 14.9 Å². The molecule has 13 heavy (non-hydrogen) atoms. The second-order valence-corrected chi connectivity index (χ2v) is 3.89. The lowest BCUT2D eigenvalue weighted by atomic mass is 10.3. The van der Waals surface area contributed by atoms with Gasteiger partial charge in [-0.15, -0.1) is 0 Å². The van der Waals surface area contributed by atoms with Gasteiger partial charge in [0, 0.05) is 28.7 Å². The van der Waals surface area contributed by atoms with Crippen molar-refractivity contribution in [1.82, 2.24) is 0 Å². The second kappa shape index (κ2) is 4.45. The van der Waals surface area contributed by atoms with E-state index in [0.29, 0.717) is 9.53 Å². The van der Waals surface area contributed by atoms with Gasteiger partial charge in [-0.05, 0) is 22.0 Å². The quantitative estimate of drug-likeness (QED) is 0.578. The molecule has 0 aliphatic rings. The lowest BCUT2D eigenvalue weighted by molar-refractivity contribution is 0.526. The van der Waals surface area contributed by atoms with E-state index >= 15 is 0 Å². The van der Waals surface area contributed by atoms with Crippen LogP contribution in [0.2, 0.25) is 0 Å². The molecular weight excluding hydrogens is 347 g/mol. The van der Waals surface area contributed by atoms with E-state index in [1.54, 1.807) is 18.2 Å². The van der Waals surface area contributed by atoms with Crippen LogP contribution in [-0.4, -0.2) is 0 Å². The van der Waals surface area contributed by atoms with Crippen LogP contribution in [0, 0.1) is 26.4 Å². The van der Waals surface area contributed by atoms with Crippen LogP contribution in [0.4, 0.5) is 0 Å². The number of allylic oxidation sites excluding steroid dienone is 1. The highest BCUT2D eigenvalue weighted by molar-refractivity contribution is 14.1. The third-order valence-electron chi connectivity index (χ3n) is 1.19. The Morgan fingerprint density at radius 1 is 1.54 bits per heavy atom. The molecule has 1 aromatic rings. The second-order valence-electron chi connectivity index (χ2n) is 2.05. The van der Waals surface area contributed by atoms with Crippen molar-refractivity contribution in [3.05, 3.63) is 25.6 Å². The highest BCUT2D eigenvalue weighted by atomic mass is 127. The van der Waals surface area contributed by atoms with Crippen LogP contribution in [-0.2, 0) is 0 Å². The maximum absolute atomic E-state index is 8.47. The minimum Gasteiger partial charge on any atom is -0.450 e. The standard InChI is InChI=1S/C8H2BrIN2O/c9-7-2-6(13-8(7)10)1-5(3-11)4-12/h1-2H. The first-order chi connectivity index (χ1) is 6.17. The Kier molecular flexibility index (Phi) is 3.52. The molecule has 0 aliphatic carbocycles. The fraction of sp³-hybridized carbons (Fsp3) is 0. The Labute approximate surface area is 96.9 Å². The first-order valence-corrected chi connectivity index (χ1v) is 5.01. The number of hydrogen-bond donors (Lipinski definition) is 0. The average Bonchev–Trinajstić information content (AvgIpc) is 2.42. The van der Waals surface area contributed by atoms with Gasteiger partial charge in [0.15, 0.2) is 3.77 Å². The maximum atomic E-state index is 8.47. The molecule has 0 spiro atoms. The van der Waals surface area contributed by atoms with E-state index in [1.807, 2.05) is 22.6 Å². The van der Waals surface area contributed by atoms with Gasteiger partial charge >= 0.3 is 0 Å². The van der Waals surface area contributed by atoms with Crippen LogP contribution < -0.4 is 0 Å². The van der Waals surface area contributed by atoms with E-state index in [2.05, 4.69) is 15.9 Å². The van der Waals surface area contributed by atoms with Gasteiger partial charge in [-0.3, -0.25) is 0 Å². The molecule has 1 heterocycles. The van der Waals surface area contributed by atoms with Crippen LogP contribution in [0.3, 0.4) is 0 Å². The van der Waals surface area contributed by atoms with E-state index < -0.39 is 0 Å². The van der Waals surface area contributed by atoms with Gasteiger partial charge in [0.05, 0.1) is 4.47 Å². The zero-order valence-corrected chi connectivity index (χ0v) is 9.96. The SMILES string of the molecule is N#CC(C#N)=Cc1cc(Br)c(I)o1. The molecule has 0 atom stereocenters. The van der Waals surface area contributed by atoms with Gasteiger partial charge in [0.2, 0.25) is 0 Å². The molecule has 0 aliphatic heterocycles. The van der Waals surface area contributed by atoms with Crippen molar-refractivity contribution in [2.75, 3.05) is 0 Å². The van der Waals surface area contributed by atoms with Crippen LogP contribution in [0.5, 0.6) is 0 Å². The van der Waals surface area contributed by atoms with Gasteiger partial charge < -0.3 is 4.42 Å². The molecule has 3 nitrogen and oxygen atoms in total. The molecule has 0 saturated heterocycles. The van der Waals surface area contributed by atoms with Gasteiger partial charge in [-0.25, -0.2) is 0 Å². The van der Waals surface area contributed by atoms with Crippen molar-refractivity contribution in [3.8, 4) is 12.1 Å². The topological polar surface area (TPSA) is 60.7 Å². The minimum atomic E-state index is 0.0256. The van der Waals surface area contributed by atoms with Gasteiger partial charge in [-0.2, -0.15) is 10.5 Å². The Hall–Kier alpha value is -0.790. The molecule has 0 unspecified atom stereocenters. The Morgan fingerprint density at radius 3 is 2.54 bits per heavy atom. The summed E-state index contributed by atoms with van der Waals surface area (Å²) < 4.78 is 6.72. The molecule has 0 bridgehead atoms. The zero-order chi connectivity index (χ0) is 9.84. The number of rotatable bonds is 1.